The van der Waals surface area contributed by atoms with Gasteiger partial charge in [-0.3, -0.25) is 14.4 Å². The minimum absolute atomic E-state index is 0.181. The summed E-state index contributed by atoms with van der Waals surface area (Å²) in [5.41, 5.74) is 0. The van der Waals surface area contributed by atoms with Crippen molar-refractivity contribution in [3.05, 3.63) is 12.7 Å². The Labute approximate surface area is 143 Å². The van der Waals surface area contributed by atoms with Crippen molar-refractivity contribution in [2.45, 2.75) is 44.3 Å². The van der Waals surface area contributed by atoms with E-state index in [4.69, 9.17) is 4.74 Å². The normalized spacial score (nSPS) is 32.0. The molecule has 1 aromatic heterocycles. The van der Waals surface area contributed by atoms with E-state index in [9.17, 15) is 4.79 Å². The van der Waals surface area contributed by atoms with Crippen LogP contribution in [0.3, 0.4) is 0 Å². The Morgan fingerprint density at radius 3 is 2.88 bits per heavy atom. The number of likely N-dealkylation sites (N-methyl/N-ethyl adjacent to an activating group) is 1. The molecule has 0 aromatic carbocycles. The SMILES string of the molecule is CN1[C@@H](Cn2cncn2)C[C@H]2CN(C(=O)C3CCOCC3)CC[C@H]21. The van der Waals surface area contributed by atoms with Crippen LogP contribution in [0.1, 0.15) is 25.7 Å². The van der Waals surface area contributed by atoms with Crippen molar-refractivity contribution in [1.82, 2.24) is 24.6 Å². The van der Waals surface area contributed by atoms with Gasteiger partial charge in [0.1, 0.15) is 12.7 Å². The number of rotatable bonds is 3. The fourth-order valence-electron chi connectivity index (χ4n) is 4.72. The summed E-state index contributed by atoms with van der Waals surface area (Å²) >= 11 is 0. The molecule has 0 saturated carbocycles. The van der Waals surface area contributed by atoms with Gasteiger partial charge in [-0.05, 0) is 38.6 Å². The maximum absolute atomic E-state index is 12.8. The molecule has 7 heteroatoms. The van der Waals surface area contributed by atoms with Gasteiger partial charge < -0.3 is 9.64 Å². The molecule has 0 bridgehead atoms. The van der Waals surface area contributed by atoms with Gasteiger partial charge in [-0.1, -0.05) is 0 Å². The number of aromatic nitrogens is 3. The van der Waals surface area contributed by atoms with Crippen molar-refractivity contribution in [2.75, 3.05) is 33.4 Å². The number of fused-ring (bicyclic) bond motifs is 1. The van der Waals surface area contributed by atoms with Crippen LogP contribution in [0.25, 0.3) is 0 Å². The van der Waals surface area contributed by atoms with Gasteiger partial charge in [-0.25, -0.2) is 4.98 Å². The zero-order valence-electron chi connectivity index (χ0n) is 14.4. The van der Waals surface area contributed by atoms with E-state index in [0.717, 1.165) is 58.5 Å². The third-order valence-corrected chi connectivity index (χ3v) is 6.11. The van der Waals surface area contributed by atoms with Crippen molar-refractivity contribution in [2.24, 2.45) is 11.8 Å². The lowest BCUT2D eigenvalue weighted by Gasteiger charge is -2.39. The number of likely N-dealkylation sites (tertiary alicyclic amines) is 2. The van der Waals surface area contributed by atoms with Crippen LogP contribution in [0.2, 0.25) is 0 Å². The summed E-state index contributed by atoms with van der Waals surface area (Å²) in [5.74, 6) is 1.13. The second-order valence-electron chi connectivity index (χ2n) is 7.46. The molecule has 4 rings (SSSR count). The van der Waals surface area contributed by atoms with Gasteiger partial charge in [0.2, 0.25) is 5.91 Å². The first-order valence-corrected chi connectivity index (χ1v) is 9.13. The third-order valence-electron chi connectivity index (χ3n) is 6.11. The number of amides is 1. The summed E-state index contributed by atoms with van der Waals surface area (Å²) in [7, 11) is 2.22. The first kappa shape index (κ1) is 16.0. The zero-order valence-corrected chi connectivity index (χ0v) is 14.4. The molecule has 0 aliphatic carbocycles. The topological polar surface area (TPSA) is 63.5 Å². The number of ether oxygens (including phenoxy) is 1. The van der Waals surface area contributed by atoms with E-state index in [2.05, 4.69) is 26.9 Å². The zero-order chi connectivity index (χ0) is 16.5. The minimum atomic E-state index is 0.181. The van der Waals surface area contributed by atoms with Crippen molar-refractivity contribution in [1.29, 1.82) is 0 Å². The standard InChI is InChI=1S/C17H27N5O2/c1-20-15(10-22-12-18-11-19-22)8-14-9-21(5-2-16(14)20)17(23)13-3-6-24-7-4-13/h11-16H,2-10H2,1H3/t14-,15+,16+/m0/s1. The van der Waals surface area contributed by atoms with E-state index in [0.29, 0.717) is 23.9 Å². The van der Waals surface area contributed by atoms with Crippen molar-refractivity contribution in [3.63, 3.8) is 0 Å². The number of piperidine rings is 1. The van der Waals surface area contributed by atoms with Crippen LogP contribution in [-0.4, -0.2) is 75.9 Å². The molecule has 3 aliphatic heterocycles. The second kappa shape index (κ2) is 6.80. The van der Waals surface area contributed by atoms with Crippen LogP contribution < -0.4 is 0 Å². The minimum Gasteiger partial charge on any atom is -0.381 e. The van der Waals surface area contributed by atoms with Crippen molar-refractivity contribution >= 4 is 5.91 Å². The average molecular weight is 333 g/mol. The molecule has 3 fully saturated rings. The van der Waals surface area contributed by atoms with E-state index in [-0.39, 0.29) is 5.92 Å². The monoisotopic (exact) mass is 333 g/mol. The molecule has 4 heterocycles. The molecule has 3 aliphatic rings. The molecule has 24 heavy (non-hydrogen) atoms. The highest BCUT2D eigenvalue weighted by atomic mass is 16.5. The molecule has 0 radical (unpaired) electrons. The maximum Gasteiger partial charge on any atom is 0.225 e. The Morgan fingerprint density at radius 1 is 1.29 bits per heavy atom. The highest BCUT2D eigenvalue weighted by Crippen LogP contribution is 2.35. The van der Waals surface area contributed by atoms with Gasteiger partial charge in [-0.15, -0.1) is 0 Å². The molecular weight excluding hydrogens is 306 g/mol. The second-order valence-corrected chi connectivity index (χ2v) is 7.46. The Balaban J connectivity index is 1.37. The third kappa shape index (κ3) is 3.07. The summed E-state index contributed by atoms with van der Waals surface area (Å²) in [6.45, 7) is 4.17. The van der Waals surface area contributed by atoms with E-state index < -0.39 is 0 Å². The molecule has 0 spiro atoms. The molecule has 1 amide bonds. The van der Waals surface area contributed by atoms with Gasteiger partial charge in [0.25, 0.3) is 0 Å². The lowest BCUT2D eigenvalue weighted by Crippen LogP contribution is -2.49. The maximum atomic E-state index is 12.8. The summed E-state index contributed by atoms with van der Waals surface area (Å²) < 4.78 is 7.31. The fourth-order valence-corrected chi connectivity index (χ4v) is 4.72. The molecule has 1 aromatic rings. The van der Waals surface area contributed by atoms with Crippen LogP contribution in [0.4, 0.5) is 0 Å². The smallest absolute Gasteiger partial charge is 0.225 e. The number of carbonyl (C=O) groups excluding carboxylic acids is 1. The largest absolute Gasteiger partial charge is 0.381 e. The van der Waals surface area contributed by atoms with Crippen LogP contribution in [0.5, 0.6) is 0 Å². The Hall–Kier alpha value is -1.47. The summed E-state index contributed by atoms with van der Waals surface area (Å²) in [6, 6.07) is 1.08. The lowest BCUT2D eigenvalue weighted by atomic mass is 9.90. The molecule has 0 unspecified atom stereocenters. The van der Waals surface area contributed by atoms with E-state index >= 15 is 0 Å². The Morgan fingerprint density at radius 2 is 2.12 bits per heavy atom. The highest BCUT2D eigenvalue weighted by Gasteiger charge is 2.43. The van der Waals surface area contributed by atoms with Crippen molar-refractivity contribution in [3.8, 4) is 0 Å². The predicted molar refractivity (Wildman–Crippen MR) is 88.2 cm³/mol. The Kier molecular flexibility index (Phi) is 4.54. The molecule has 3 saturated heterocycles. The van der Waals surface area contributed by atoms with Crippen LogP contribution >= 0.6 is 0 Å². The Bertz CT molecular complexity index is 557. The number of carbonyl (C=O) groups is 1. The lowest BCUT2D eigenvalue weighted by molar-refractivity contribution is -0.140. The highest BCUT2D eigenvalue weighted by molar-refractivity contribution is 5.79. The van der Waals surface area contributed by atoms with Crippen LogP contribution in [0, 0.1) is 11.8 Å². The number of hydrogen-bond donors (Lipinski definition) is 0. The average Bonchev–Trinajstić information content (AvgIpc) is 3.24. The van der Waals surface area contributed by atoms with Crippen molar-refractivity contribution < 1.29 is 9.53 Å². The quantitative estimate of drug-likeness (QED) is 0.812. The fraction of sp³-hybridized carbons (Fsp3) is 0.824. The van der Waals surface area contributed by atoms with Gasteiger partial charge in [0, 0.05) is 44.3 Å². The number of nitrogens with zero attached hydrogens (tertiary/aromatic N) is 5. The van der Waals surface area contributed by atoms with Gasteiger partial charge >= 0.3 is 0 Å². The van der Waals surface area contributed by atoms with E-state index in [1.807, 2.05) is 4.68 Å². The number of hydrogen-bond acceptors (Lipinski definition) is 5. The van der Waals surface area contributed by atoms with Gasteiger partial charge in [0.15, 0.2) is 0 Å². The van der Waals surface area contributed by atoms with Gasteiger partial charge in [0.05, 0.1) is 6.54 Å². The summed E-state index contributed by atoms with van der Waals surface area (Å²) in [5, 5.41) is 4.24. The molecule has 3 atom stereocenters. The van der Waals surface area contributed by atoms with E-state index in [1.54, 1.807) is 12.7 Å². The van der Waals surface area contributed by atoms with Gasteiger partial charge in [-0.2, -0.15) is 5.10 Å². The predicted octanol–water partition coefficient (Wildman–Crippen LogP) is 0.626. The molecule has 0 N–H and O–H groups in total. The molecular formula is C17H27N5O2. The van der Waals surface area contributed by atoms with Crippen LogP contribution in [-0.2, 0) is 16.1 Å². The molecule has 7 nitrogen and oxygen atoms in total. The van der Waals surface area contributed by atoms with E-state index in [1.165, 1.54) is 0 Å². The summed E-state index contributed by atoms with van der Waals surface area (Å²) in [6.07, 6.45) is 7.38. The van der Waals surface area contributed by atoms with Crippen LogP contribution in [0.15, 0.2) is 12.7 Å². The first-order valence-electron chi connectivity index (χ1n) is 9.13. The molecule has 132 valence electrons. The summed E-state index contributed by atoms with van der Waals surface area (Å²) in [4.78, 5) is 21.5. The first-order chi connectivity index (χ1) is 11.7.